The second-order valence-electron chi connectivity index (χ2n) is 2.66. The lowest BCUT2D eigenvalue weighted by molar-refractivity contribution is 1.03. The summed E-state index contributed by atoms with van der Waals surface area (Å²) in [5.74, 6) is 0.824. The number of hydrogen-bond acceptors (Lipinski definition) is 3. The topological polar surface area (TPSA) is 70.5 Å². The Hall–Kier alpha value is -1.62. The number of para-hydroxylation sites is 1. The average Bonchev–Trinajstić information content (AvgIpc) is 2.67. The normalized spacial score (nSPS) is 8.19. The number of anilines is 1. The van der Waals surface area contributed by atoms with Crippen molar-refractivity contribution in [2.24, 2.45) is 0 Å². The summed E-state index contributed by atoms with van der Waals surface area (Å²) >= 11 is 4.63. The van der Waals surface area contributed by atoms with Crippen LogP contribution in [-0.4, -0.2) is 15.2 Å². The highest BCUT2D eigenvalue weighted by Crippen LogP contribution is 1.95. The van der Waals surface area contributed by atoms with Crippen LogP contribution < -0.4 is 5.73 Å². The van der Waals surface area contributed by atoms with Crippen molar-refractivity contribution in [2.45, 2.75) is 20.8 Å². The molecule has 0 saturated carbocycles. The molecule has 4 N–H and O–H groups in total. The summed E-state index contributed by atoms with van der Waals surface area (Å²) in [7, 11) is 0. The van der Waals surface area contributed by atoms with Crippen LogP contribution in [0.25, 0.3) is 0 Å². The van der Waals surface area contributed by atoms with Gasteiger partial charge in [0, 0.05) is 5.69 Å². The zero-order chi connectivity index (χ0) is 12.4. The van der Waals surface area contributed by atoms with Crippen molar-refractivity contribution < 1.29 is 0 Å². The number of aromatic amines is 2. The third kappa shape index (κ3) is 6.78. The Morgan fingerprint density at radius 1 is 1.12 bits per heavy atom. The smallest absolute Gasteiger partial charge is 0.213 e. The molecular formula is C11H18N4S. The summed E-state index contributed by atoms with van der Waals surface area (Å²) < 4.78 is 0.512. The van der Waals surface area contributed by atoms with E-state index in [9.17, 15) is 0 Å². The third-order valence-corrected chi connectivity index (χ3v) is 1.61. The molecule has 88 valence electrons. The monoisotopic (exact) mass is 238 g/mol. The van der Waals surface area contributed by atoms with Crippen molar-refractivity contribution in [1.82, 2.24) is 15.2 Å². The van der Waals surface area contributed by atoms with Crippen LogP contribution in [0.4, 0.5) is 5.69 Å². The minimum atomic E-state index is 0.512. The zero-order valence-corrected chi connectivity index (χ0v) is 10.6. The molecule has 0 radical (unpaired) electrons. The molecule has 1 aromatic carbocycles. The van der Waals surface area contributed by atoms with E-state index in [0.29, 0.717) is 4.77 Å². The van der Waals surface area contributed by atoms with Gasteiger partial charge in [0.25, 0.3) is 0 Å². The molecule has 0 atom stereocenters. The molecule has 5 heteroatoms. The van der Waals surface area contributed by atoms with Crippen LogP contribution in [0, 0.1) is 11.7 Å². The van der Waals surface area contributed by atoms with Crippen molar-refractivity contribution in [3.8, 4) is 0 Å². The molecule has 2 rings (SSSR count). The van der Waals surface area contributed by atoms with Crippen LogP contribution in [0.3, 0.4) is 0 Å². The fraction of sp³-hybridized carbons (Fsp3) is 0.273. The second kappa shape index (κ2) is 8.67. The molecule has 16 heavy (non-hydrogen) atoms. The summed E-state index contributed by atoms with van der Waals surface area (Å²) in [4.78, 5) is 3.81. The van der Waals surface area contributed by atoms with Gasteiger partial charge in [-0.25, -0.2) is 4.98 Å². The van der Waals surface area contributed by atoms with Gasteiger partial charge in [-0.15, -0.1) is 0 Å². The van der Waals surface area contributed by atoms with E-state index in [4.69, 9.17) is 5.73 Å². The van der Waals surface area contributed by atoms with E-state index < -0.39 is 0 Å². The Morgan fingerprint density at radius 3 is 1.88 bits per heavy atom. The van der Waals surface area contributed by atoms with Crippen molar-refractivity contribution in [2.75, 3.05) is 5.73 Å². The predicted octanol–water partition coefficient (Wildman–Crippen LogP) is 3.07. The first-order valence-corrected chi connectivity index (χ1v) is 5.51. The maximum Gasteiger partial charge on any atom is 0.213 e. The van der Waals surface area contributed by atoms with Gasteiger partial charge in [-0.3, -0.25) is 10.2 Å². The van der Waals surface area contributed by atoms with E-state index in [-0.39, 0.29) is 0 Å². The zero-order valence-electron chi connectivity index (χ0n) is 9.82. The first-order chi connectivity index (χ1) is 7.68. The van der Waals surface area contributed by atoms with E-state index in [0.717, 1.165) is 11.5 Å². The SMILES string of the molecule is CC.Cc1nc(=S)[nH][nH]1.Nc1ccccc1. The van der Waals surface area contributed by atoms with Gasteiger partial charge in [0.05, 0.1) is 0 Å². The van der Waals surface area contributed by atoms with Crippen molar-refractivity contribution in [3.05, 3.63) is 40.9 Å². The highest BCUT2D eigenvalue weighted by atomic mass is 32.1. The molecule has 0 unspecified atom stereocenters. The summed E-state index contributed by atoms with van der Waals surface area (Å²) in [5, 5.41) is 5.38. The molecule has 0 aliphatic rings. The Balaban J connectivity index is 0.000000244. The van der Waals surface area contributed by atoms with E-state index in [1.54, 1.807) is 0 Å². The van der Waals surface area contributed by atoms with Crippen molar-refractivity contribution in [1.29, 1.82) is 0 Å². The predicted molar refractivity (Wildman–Crippen MR) is 70.7 cm³/mol. The summed E-state index contributed by atoms with van der Waals surface area (Å²) in [6.45, 7) is 5.84. The molecule has 0 aliphatic heterocycles. The number of nitrogens with one attached hydrogen (secondary N) is 2. The molecule has 0 bridgehead atoms. The number of aryl methyl sites for hydroxylation is 1. The van der Waals surface area contributed by atoms with Gasteiger partial charge in [0.1, 0.15) is 5.82 Å². The van der Waals surface area contributed by atoms with E-state index in [2.05, 4.69) is 27.4 Å². The van der Waals surface area contributed by atoms with Crippen LogP contribution in [-0.2, 0) is 0 Å². The van der Waals surface area contributed by atoms with Gasteiger partial charge in [-0.2, -0.15) is 0 Å². The van der Waals surface area contributed by atoms with Gasteiger partial charge in [-0.1, -0.05) is 32.0 Å². The fourth-order valence-electron chi connectivity index (χ4n) is 0.805. The van der Waals surface area contributed by atoms with Crippen LogP contribution in [0.5, 0.6) is 0 Å². The van der Waals surface area contributed by atoms with Gasteiger partial charge in [0.2, 0.25) is 4.77 Å². The lowest BCUT2D eigenvalue weighted by atomic mass is 10.3. The second-order valence-corrected chi connectivity index (χ2v) is 3.05. The van der Waals surface area contributed by atoms with Crippen LogP contribution in [0.2, 0.25) is 0 Å². The minimum Gasteiger partial charge on any atom is -0.399 e. The molecule has 4 nitrogen and oxygen atoms in total. The van der Waals surface area contributed by atoms with Gasteiger partial charge < -0.3 is 5.73 Å². The molecule has 0 saturated heterocycles. The maximum atomic E-state index is 5.36. The maximum absolute atomic E-state index is 5.36. The first kappa shape index (κ1) is 14.4. The lowest BCUT2D eigenvalue weighted by Crippen LogP contribution is -1.79. The largest absolute Gasteiger partial charge is 0.399 e. The number of nitrogens with two attached hydrogens (primary N) is 1. The van der Waals surface area contributed by atoms with Crippen LogP contribution >= 0.6 is 12.2 Å². The molecular weight excluding hydrogens is 220 g/mol. The van der Waals surface area contributed by atoms with Gasteiger partial charge in [0.15, 0.2) is 0 Å². The Labute approximate surface area is 101 Å². The third-order valence-electron chi connectivity index (χ3n) is 1.42. The quantitative estimate of drug-likeness (QED) is 0.488. The van der Waals surface area contributed by atoms with Crippen molar-refractivity contribution >= 4 is 17.9 Å². The molecule has 0 fully saturated rings. The number of rotatable bonds is 0. The number of benzene rings is 1. The summed E-state index contributed by atoms with van der Waals surface area (Å²) in [5.41, 5.74) is 6.18. The summed E-state index contributed by atoms with van der Waals surface area (Å²) in [6, 6.07) is 9.49. The van der Waals surface area contributed by atoms with Crippen molar-refractivity contribution in [3.63, 3.8) is 0 Å². The Kier molecular flexibility index (Phi) is 7.79. The van der Waals surface area contributed by atoms with Crippen LogP contribution in [0.1, 0.15) is 19.7 Å². The molecule has 1 heterocycles. The highest BCUT2D eigenvalue weighted by molar-refractivity contribution is 7.71. The Morgan fingerprint density at radius 2 is 1.69 bits per heavy atom. The van der Waals surface area contributed by atoms with E-state index >= 15 is 0 Å². The average molecular weight is 238 g/mol. The number of H-pyrrole nitrogens is 2. The fourth-order valence-corrected chi connectivity index (χ4v) is 0.993. The van der Waals surface area contributed by atoms with Gasteiger partial charge in [-0.05, 0) is 31.3 Å². The van der Waals surface area contributed by atoms with E-state index in [1.807, 2.05) is 51.1 Å². The lowest BCUT2D eigenvalue weighted by Gasteiger charge is -1.83. The highest BCUT2D eigenvalue weighted by Gasteiger charge is 1.79. The molecule has 0 amide bonds. The number of aromatic nitrogens is 3. The molecule has 0 aliphatic carbocycles. The minimum absolute atomic E-state index is 0.512. The van der Waals surface area contributed by atoms with E-state index in [1.165, 1.54) is 0 Å². The standard InChI is InChI=1S/C6H7N.C3H5N3S.C2H6/c7-6-4-2-1-3-5-6;1-2-4-3(7)6-5-2;1-2/h1-5H,7H2;1H3,(H2,4,5,6,7);1-2H3. The molecule has 0 spiro atoms. The molecule has 1 aromatic heterocycles. The van der Waals surface area contributed by atoms with Gasteiger partial charge >= 0.3 is 0 Å². The number of hydrogen-bond donors (Lipinski definition) is 3. The first-order valence-electron chi connectivity index (χ1n) is 5.10. The molecule has 2 aromatic rings. The summed E-state index contributed by atoms with van der Waals surface area (Å²) in [6.07, 6.45) is 0. The number of nitrogens with zero attached hydrogens (tertiary/aromatic N) is 1. The number of nitrogen functional groups attached to an aromatic ring is 1. The Bertz CT molecular complexity index is 419. The van der Waals surface area contributed by atoms with Crippen LogP contribution in [0.15, 0.2) is 30.3 Å².